The van der Waals surface area contributed by atoms with Gasteiger partial charge in [-0.05, 0) is 41.8 Å². The molecule has 21 heavy (non-hydrogen) atoms. The number of hydrogen-bond acceptors (Lipinski definition) is 2. The molecular weight excluding hydrogens is 270 g/mol. The first-order chi connectivity index (χ1) is 10.1. The van der Waals surface area contributed by atoms with Gasteiger partial charge in [-0.15, -0.1) is 0 Å². The Labute approximate surface area is 121 Å². The largest absolute Gasteiger partial charge is 0.324 e. The van der Waals surface area contributed by atoms with Gasteiger partial charge in [-0.2, -0.15) is 0 Å². The van der Waals surface area contributed by atoms with Gasteiger partial charge in [0.15, 0.2) is 0 Å². The number of halogens is 2. The van der Waals surface area contributed by atoms with E-state index in [2.05, 4.69) is 4.98 Å². The molecule has 0 aliphatic heterocycles. The Hall–Kier alpha value is -2.33. The summed E-state index contributed by atoms with van der Waals surface area (Å²) >= 11 is 0. The third kappa shape index (κ3) is 2.76. The molecule has 3 aromatic rings. The fraction of sp³-hybridized carbons (Fsp3) is 0.118. The van der Waals surface area contributed by atoms with Crippen molar-refractivity contribution in [3.05, 3.63) is 77.5 Å². The number of nitrogens with two attached hydrogens (primary N) is 1. The lowest BCUT2D eigenvalue weighted by Crippen LogP contribution is -2.15. The molecule has 0 aliphatic rings. The highest BCUT2D eigenvalue weighted by molar-refractivity contribution is 5.82. The summed E-state index contributed by atoms with van der Waals surface area (Å²) in [5.41, 5.74) is 8.08. The zero-order chi connectivity index (χ0) is 14.8. The summed E-state index contributed by atoms with van der Waals surface area (Å²) in [5, 5.41) is 0.977. The average molecular weight is 284 g/mol. The Morgan fingerprint density at radius 1 is 1.05 bits per heavy atom. The maximum absolute atomic E-state index is 13.7. The van der Waals surface area contributed by atoms with Crippen LogP contribution in [-0.2, 0) is 6.42 Å². The second-order valence-electron chi connectivity index (χ2n) is 4.97. The predicted octanol–water partition coefficient (Wildman–Crippen LogP) is 3.76. The number of nitrogens with zero attached hydrogens (tertiary/aromatic N) is 1. The zero-order valence-electron chi connectivity index (χ0n) is 11.3. The lowest BCUT2D eigenvalue weighted by atomic mass is 9.97. The minimum Gasteiger partial charge on any atom is -0.324 e. The number of aromatic nitrogens is 1. The van der Waals surface area contributed by atoms with Gasteiger partial charge in [0.2, 0.25) is 0 Å². The molecule has 0 amide bonds. The third-order valence-electron chi connectivity index (χ3n) is 3.51. The van der Waals surface area contributed by atoms with Gasteiger partial charge < -0.3 is 5.73 Å². The van der Waals surface area contributed by atoms with Crippen LogP contribution in [0.1, 0.15) is 17.2 Å². The fourth-order valence-corrected chi connectivity index (χ4v) is 2.47. The second-order valence-corrected chi connectivity index (χ2v) is 4.97. The van der Waals surface area contributed by atoms with Crippen molar-refractivity contribution in [1.29, 1.82) is 0 Å². The fourth-order valence-electron chi connectivity index (χ4n) is 2.47. The molecule has 2 aromatic carbocycles. The zero-order valence-corrected chi connectivity index (χ0v) is 11.3. The van der Waals surface area contributed by atoms with Gasteiger partial charge >= 0.3 is 0 Å². The molecule has 0 aliphatic carbocycles. The van der Waals surface area contributed by atoms with Crippen molar-refractivity contribution in [2.75, 3.05) is 0 Å². The maximum atomic E-state index is 13.7. The molecule has 1 unspecified atom stereocenters. The second kappa shape index (κ2) is 5.58. The molecule has 0 spiro atoms. The Bertz CT molecular complexity index is 781. The van der Waals surface area contributed by atoms with Crippen molar-refractivity contribution in [2.24, 2.45) is 5.73 Å². The highest BCUT2D eigenvalue weighted by Gasteiger charge is 2.14. The molecule has 1 atom stereocenters. The molecule has 0 radical (unpaired) electrons. The highest BCUT2D eigenvalue weighted by Crippen LogP contribution is 2.24. The van der Waals surface area contributed by atoms with Gasteiger partial charge in [0.25, 0.3) is 0 Å². The number of pyridine rings is 1. The number of benzene rings is 2. The first-order valence-electron chi connectivity index (χ1n) is 6.68. The normalized spacial score (nSPS) is 12.5. The molecule has 1 aromatic heterocycles. The standard InChI is InChI=1S/C17H14F2N2/c18-13-6-7-15(19)12(9-13)10-16(20)14-5-1-3-11-4-2-8-21-17(11)14/h1-9,16H,10,20H2. The van der Waals surface area contributed by atoms with E-state index in [9.17, 15) is 8.78 Å². The Balaban J connectivity index is 1.97. The Morgan fingerprint density at radius 2 is 1.86 bits per heavy atom. The topological polar surface area (TPSA) is 38.9 Å². The van der Waals surface area contributed by atoms with E-state index in [1.54, 1.807) is 6.20 Å². The van der Waals surface area contributed by atoms with Crippen LogP contribution < -0.4 is 5.73 Å². The molecule has 2 nitrogen and oxygen atoms in total. The summed E-state index contributed by atoms with van der Waals surface area (Å²) in [7, 11) is 0. The summed E-state index contributed by atoms with van der Waals surface area (Å²) in [5.74, 6) is -0.908. The molecule has 1 heterocycles. The van der Waals surface area contributed by atoms with E-state index in [4.69, 9.17) is 5.73 Å². The molecular formula is C17H14F2N2. The van der Waals surface area contributed by atoms with Crippen LogP contribution in [0, 0.1) is 11.6 Å². The number of rotatable bonds is 3. The van der Waals surface area contributed by atoms with Gasteiger partial charge in [-0.3, -0.25) is 4.98 Å². The van der Waals surface area contributed by atoms with E-state index in [1.165, 1.54) is 6.07 Å². The van der Waals surface area contributed by atoms with Crippen LogP contribution in [0.15, 0.2) is 54.7 Å². The SMILES string of the molecule is NC(Cc1cc(F)ccc1F)c1cccc2cccnc12. The van der Waals surface area contributed by atoms with Crippen molar-refractivity contribution < 1.29 is 8.78 Å². The average Bonchev–Trinajstić information content (AvgIpc) is 2.50. The molecule has 0 bridgehead atoms. The molecule has 106 valence electrons. The molecule has 0 saturated carbocycles. The minimum atomic E-state index is -0.463. The number of fused-ring (bicyclic) bond motifs is 1. The highest BCUT2D eigenvalue weighted by atomic mass is 19.1. The van der Waals surface area contributed by atoms with Crippen LogP contribution >= 0.6 is 0 Å². The van der Waals surface area contributed by atoms with Crippen molar-refractivity contribution in [1.82, 2.24) is 4.98 Å². The van der Waals surface area contributed by atoms with Crippen LogP contribution in [-0.4, -0.2) is 4.98 Å². The van der Waals surface area contributed by atoms with Crippen LogP contribution in [0.3, 0.4) is 0 Å². The maximum Gasteiger partial charge on any atom is 0.126 e. The Kier molecular flexibility index (Phi) is 3.62. The number of hydrogen-bond donors (Lipinski definition) is 1. The van der Waals surface area contributed by atoms with Crippen LogP contribution in [0.4, 0.5) is 8.78 Å². The van der Waals surface area contributed by atoms with E-state index >= 15 is 0 Å². The Morgan fingerprint density at radius 3 is 2.71 bits per heavy atom. The van der Waals surface area contributed by atoms with Gasteiger partial charge in [0.05, 0.1) is 5.52 Å². The lowest BCUT2D eigenvalue weighted by molar-refractivity contribution is 0.573. The van der Waals surface area contributed by atoms with Crippen LogP contribution in [0.25, 0.3) is 10.9 Å². The van der Waals surface area contributed by atoms with Crippen LogP contribution in [0.5, 0.6) is 0 Å². The smallest absolute Gasteiger partial charge is 0.126 e. The summed E-state index contributed by atoms with van der Waals surface area (Å²) in [6.07, 6.45) is 1.92. The van der Waals surface area contributed by atoms with Gasteiger partial charge in [-0.1, -0.05) is 24.3 Å². The first kappa shape index (κ1) is 13.6. The number of para-hydroxylation sites is 1. The summed E-state index contributed by atoms with van der Waals surface area (Å²) in [6, 6.07) is 12.5. The first-order valence-corrected chi connectivity index (χ1v) is 6.68. The quantitative estimate of drug-likeness (QED) is 0.795. The molecule has 0 fully saturated rings. The van der Waals surface area contributed by atoms with Crippen molar-refractivity contribution in [2.45, 2.75) is 12.5 Å². The van der Waals surface area contributed by atoms with E-state index in [0.29, 0.717) is 0 Å². The minimum absolute atomic E-state index is 0.222. The van der Waals surface area contributed by atoms with Crippen molar-refractivity contribution in [3.63, 3.8) is 0 Å². The monoisotopic (exact) mass is 284 g/mol. The van der Waals surface area contributed by atoms with Gasteiger partial charge in [0.1, 0.15) is 11.6 Å². The molecule has 2 N–H and O–H groups in total. The van der Waals surface area contributed by atoms with E-state index in [-0.39, 0.29) is 12.0 Å². The lowest BCUT2D eigenvalue weighted by Gasteiger charge is -2.14. The summed E-state index contributed by atoms with van der Waals surface area (Å²) in [4.78, 5) is 4.34. The summed E-state index contributed by atoms with van der Waals surface area (Å²) in [6.45, 7) is 0. The van der Waals surface area contributed by atoms with Crippen molar-refractivity contribution in [3.8, 4) is 0 Å². The van der Waals surface area contributed by atoms with E-state index < -0.39 is 17.7 Å². The van der Waals surface area contributed by atoms with Gasteiger partial charge in [-0.25, -0.2) is 8.78 Å². The summed E-state index contributed by atoms with van der Waals surface area (Å²) < 4.78 is 27.0. The molecule has 4 heteroatoms. The van der Waals surface area contributed by atoms with Gasteiger partial charge in [0, 0.05) is 17.6 Å². The molecule has 3 rings (SSSR count). The third-order valence-corrected chi connectivity index (χ3v) is 3.51. The van der Waals surface area contributed by atoms with Crippen molar-refractivity contribution >= 4 is 10.9 Å². The predicted molar refractivity (Wildman–Crippen MR) is 78.7 cm³/mol. The van der Waals surface area contributed by atoms with E-state index in [1.807, 2.05) is 30.3 Å². The molecule has 0 saturated heterocycles. The van der Waals surface area contributed by atoms with E-state index in [0.717, 1.165) is 28.6 Å². The van der Waals surface area contributed by atoms with Crippen LogP contribution in [0.2, 0.25) is 0 Å².